The van der Waals surface area contributed by atoms with E-state index in [2.05, 4.69) is 20.9 Å². The normalized spacial score (nSPS) is 12.8. The highest BCUT2D eigenvalue weighted by atomic mass is 79.9. The van der Waals surface area contributed by atoms with Gasteiger partial charge in [-0.25, -0.2) is 9.37 Å². The van der Waals surface area contributed by atoms with Crippen LogP contribution in [0.3, 0.4) is 0 Å². The third kappa shape index (κ3) is 2.68. The molecule has 3 rings (SSSR count). The first-order chi connectivity index (χ1) is 9.97. The summed E-state index contributed by atoms with van der Waals surface area (Å²) in [7, 11) is 0. The minimum absolute atomic E-state index is 0.0644. The van der Waals surface area contributed by atoms with Gasteiger partial charge in [0.1, 0.15) is 11.6 Å². The van der Waals surface area contributed by atoms with Crippen LogP contribution >= 0.6 is 39.1 Å². The zero-order valence-corrected chi connectivity index (χ0v) is 14.0. The summed E-state index contributed by atoms with van der Waals surface area (Å²) >= 11 is 15.5. The zero-order valence-electron chi connectivity index (χ0n) is 10.9. The Morgan fingerprint density at radius 1 is 1.24 bits per heavy atom. The van der Waals surface area contributed by atoms with E-state index < -0.39 is 5.82 Å². The van der Waals surface area contributed by atoms with E-state index in [0.29, 0.717) is 11.3 Å². The molecule has 1 heterocycles. The number of nitrogens with zero attached hydrogens (tertiary/aromatic N) is 2. The molecule has 2 nitrogen and oxygen atoms in total. The van der Waals surface area contributed by atoms with E-state index in [1.54, 1.807) is 6.07 Å². The van der Waals surface area contributed by atoms with E-state index in [9.17, 15) is 4.39 Å². The molecule has 3 aromatic rings. The summed E-state index contributed by atoms with van der Waals surface area (Å²) in [6.07, 6.45) is 0. The van der Waals surface area contributed by atoms with Crippen LogP contribution in [0.2, 0.25) is 5.02 Å². The third-order valence-corrected chi connectivity index (χ3v) is 4.18. The van der Waals surface area contributed by atoms with Crippen molar-refractivity contribution >= 4 is 50.2 Å². The number of hydrogen-bond donors (Lipinski definition) is 0. The van der Waals surface area contributed by atoms with Crippen LogP contribution in [0.4, 0.5) is 4.39 Å². The van der Waals surface area contributed by atoms with Gasteiger partial charge in [-0.1, -0.05) is 27.5 Å². The first-order valence-electron chi connectivity index (χ1n) is 6.25. The topological polar surface area (TPSA) is 17.8 Å². The predicted octanol–water partition coefficient (Wildman–Crippen LogP) is 5.88. The summed E-state index contributed by atoms with van der Waals surface area (Å²) in [5.41, 5.74) is 2.15. The van der Waals surface area contributed by atoms with Gasteiger partial charge in [0.05, 0.1) is 21.4 Å². The Bertz CT molecular complexity index is 813. The standard InChI is InChI=1S/C15H10BrCl2FN2/c1-8(17)15-20-13-7-12(19)11(18)6-14(13)21(15)10-4-2-9(16)3-5-10/h2-8H,1H3. The number of alkyl halides is 1. The Balaban J connectivity index is 2.35. The summed E-state index contributed by atoms with van der Waals surface area (Å²) in [5.74, 6) is 0.161. The largest absolute Gasteiger partial charge is 0.295 e. The maximum atomic E-state index is 13.6. The Morgan fingerprint density at radius 3 is 2.52 bits per heavy atom. The predicted molar refractivity (Wildman–Crippen MR) is 88.0 cm³/mol. The highest BCUT2D eigenvalue weighted by molar-refractivity contribution is 9.10. The van der Waals surface area contributed by atoms with Crippen LogP contribution in [0.15, 0.2) is 40.9 Å². The fraction of sp³-hybridized carbons (Fsp3) is 0.133. The molecule has 1 unspecified atom stereocenters. The molecule has 0 saturated carbocycles. The lowest BCUT2D eigenvalue weighted by molar-refractivity contribution is 0.630. The van der Waals surface area contributed by atoms with Gasteiger partial charge in [0, 0.05) is 16.2 Å². The molecule has 0 fully saturated rings. The Hall–Kier alpha value is -1.10. The molecule has 0 N–H and O–H groups in total. The van der Waals surface area contributed by atoms with Gasteiger partial charge in [-0.3, -0.25) is 4.57 Å². The monoisotopic (exact) mass is 386 g/mol. The van der Waals surface area contributed by atoms with Crippen LogP contribution in [0.1, 0.15) is 18.1 Å². The third-order valence-electron chi connectivity index (χ3n) is 3.16. The molecular formula is C15H10BrCl2FN2. The van der Waals surface area contributed by atoms with Gasteiger partial charge in [-0.2, -0.15) is 0 Å². The van der Waals surface area contributed by atoms with Gasteiger partial charge in [0.15, 0.2) is 0 Å². The number of hydrogen-bond acceptors (Lipinski definition) is 1. The molecular weight excluding hydrogens is 378 g/mol. The SMILES string of the molecule is CC(Cl)c1nc2cc(F)c(Cl)cc2n1-c1ccc(Br)cc1. The molecule has 0 radical (unpaired) electrons. The quantitative estimate of drug-likeness (QED) is 0.502. The lowest BCUT2D eigenvalue weighted by Crippen LogP contribution is -2.01. The van der Waals surface area contributed by atoms with Gasteiger partial charge >= 0.3 is 0 Å². The first-order valence-corrected chi connectivity index (χ1v) is 7.85. The molecule has 0 aliphatic carbocycles. The number of imidazole rings is 1. The van der Waals surface area contributed by atoms with Crippen molar-refractivity contribution < 1.29 is 4.39 Å². The van der Waals surface area contributed by atoms with Crippen LogP contribution in [-0.4, -0.2) is 9.55 Å². The molecule has 0 bridgehead atoms. The second-order valence-corrected chi connectivity index (χ2v) is 6.63. The molecule has 0 aliphatic heterocycles. The summed E-state index contributed by atoms with van der Waals surface area (Å²) in [5, 5.41) is -0.252. The van der Waals surface area contributed by atoms with Crippen LogP contribution in [0.5, 0.6) is 0 Å². The number of aromatic nitrogens is 2. The van der Waals surface area contributed by atoms with Gasteiger partial charge in [-0.15, -0.1) is 11.6 Å². The number of halogens is 4. The van der Waals surface area contributed by atoms with Crippen molar-refractivity contribution in [1.29, 1.82) is 0 Å². The Labute approximate surface area is 139 Å². The zero-order chi connectivity index (χ0) is 15.1. The van der Waals surface area contributed by atoms with E-state index >= 15 is 0 Å². The summed E-state index contributed by atoms with van der Waals surface area (Å²) in [6.45, 7) is 1.83. The minimum atomic E-state index is -0.488. The summed E-state index contributed by atoms with van der Waals surface area (Å²) in [4.78, 5) is 4.43. The van der Waals surface area contributed by atoms with E-state index in [0.717, 1.165) is 15.7 Å². The molecule has 1 atom stereocenters. The molecule has 108 valence electrons. The summed E-state index contributed by atoms with van der Waals surface area (Å²) in [6, 6.07) is 10.6. The summed E-state index contributed by atoms with van der Waals surface area (Å²) < 4.78 is 16.5. The van der Waals surface area contributed by atoms with Gasteiger partial charge in [-0.05, 0) is 37.3 Å². The minimum Gasteiger partial charge on any atom is -0.295 e. The number of benzene rings is 2. The molecule has 2 aromatic carbocycles. The van der Waals surface area contributed by atoms with Gasteiger partial charge in [0.2, 0.25) is 0 Å². The fourth-order valence-corrected chi connectivity index (χ4v) is 2.79. The smallest absolute Gasteiger partial charge is 0.144 e. The van der Waals surface area contributed by atoms with Gasteiger partial charge < -0.3 is 0 Å². The van der Waals surface area contributed by atoms with Crippen LogP contribution in [-0.2, 0) is 0 Å². The van der Waals surface area contributed by atoms with E-state index in [1.807, 2.05) is 35.8 Å². The second kappa shape index (κ2) is 5.59. The molecule has 1 aromatic heterocycles. The number of rotatable bonds is 2. The fourth-order valence-electron chi connectivity index (χ4n) is 2.22. The van der Waals surface area contributed by atoms with Crippen molar-refractivity contribution in [2.45, 2.75) is 12.3 Å². The van der Waals surface area contributed by atoms with Gasteiger partial charge in [0.25, 0.3) is 0 Å². The van der Waals surface area contributed by atoms with Crippen molar-refractivity contribution in [2.24, 2.45) is 0 Å². The van der Waals surface area contributed by atoms with Crippen LogP contribution < -0.4 is 0 Å². The van der Waals surface area contributed by atoms with Crippen LogP contribution in [0.25, 0.3) is 16.7 Å². The Morgan fingerprint density at radius 2 is 1.90 bits per heavy atom. The highest BCUT2D eigenvalue weighted by Crippen LogP contribution is 2.31. The van der Waals surface area contributed by atoms with Crippen molar-refractivity contribution in [3.63, 3.8) is 0 Å². The van der Waals surface area contributed by atoms with E-state index in [1.165, 1.54) is 6.07 Å². The second-order valence-electron chi connectivity index (χ2n) is 4.65. The van der Waals surface area contributed by atoms with E-state index in [-0.39, 0.29) is 10.4 Å². The van der Waals surface area contributed by atoms with E-state index in [4.69, 9.17) is 23.2 Å². The molecule has 0 spiro atoms. The Kier molecular flexibility index (Phi) is 3.95. The first kappa shape index (κ1) is 14.8. The maximum absolute atomic E-state index is 13.6. The highest BCUT2D eigenvalue weighted by Gasteiger charge is 2.18. The molecule has 0 aliphatic rings. The molecule has 21 heavy (non-hydrogen) atoms. The van der Waals surface area contributed by atoms with Crippen molar-refractivity contribution in [3.05, 3.63) is 57.5 Å². The van der Waals surface area contributed by atoms with Crippen molar-refractivity contribution in [1.82, 2.24) is 9.55 Å². The lowest BCUT2D eigenvalue weighted by Gasteiger charge is -2.11. The lowest BCUT2D eigenvalue weighted by atomic mass is 10.2. The maximum Gasteiger partial charge on any atom is 0.144 e. The molecule has 0 saturated heterocycles. The van der Waals surface area contributed by atoms with Crippen LogP contribution in [0, 0.1) is 5.82 Å². The average Bonchev–Trinajstić information content (AvgIpc) is 2.79. The molecule has 0 amide bonds. The van der Waals surface area contributed by atoms with Crippen molar-refractivity contribution in [3.8, 4) is 5.69 Å². The van der Waals surface area contributed by atoms with Crippen molar-refractivity contribution in [2.75, 3.05) is 0 Å². The molecule has 6 heteroatoms. The average molecular weight is 388 g/mol. The number of fused-ring (bicyclic) bond motifs is 1.